The van der Waals surface area contributed by atoms with Crippen molar-refractivity contribution in [2.45, 2.75) is 13.3 Å². The normalized spacial score (nSPS) is 15.6. The molecule has 0 unspecified atom stereocenters. The molecule has 1 aliphatic heterocycles. The summed E-state index contributed by atoms with van der Waals surface area (Å²) in [6, 6.07) is 14.6. The van der Waals surface area contributed by atoms with Crippen LogP contribution in [0, 0.1) is 12.8 Å². The van der Waals surface area contributed by atoms with Gasteiger partial charge in [0.1, 0.15) is 5.75 Å². The number of thiazole rings is 1. The number of Topliss-reactive ketones (excluding diaryl/α,β-unsaturated/α-hetero) is 1. The van der Waals surface area contributed by atoms with Crippen LogP contribution in [0.3, 0.4) is 0 Å². The molecular weight excluding hydrogens is 428 g/mol. The van der Waals surface area contributed by atoms with E-state index < -0.39 is 11.9 Å². The number of carbonyl (C=O) groups is 3. The van der Waals surface area contributed by atoms with Crippen LogP contribution in [0.1, 0.15) is 22.3 Å². The number of methoxy groups -OCH3 is 1. The Labute approximate surface area is 189 Å². The van der Waals surface area contributed by atoms with E-state index in [9.17, 15) is 14.4 Å². The molecule has 1 saturated heterocycles. The molecular formula is C24H22N2O5S. The molecule has 2 heterocycles. The van der Waals surface area contributed by atoms with Gasteiger partial charge in [-0.2, -0.15) is 0 Å². The van der Waals surface area contributed by atoms with Crippen LogP contribution in [0.2, 0.25) is 0 Å². The number of ketones is 1. The minimum absolute atomic E-state index is 0.0367. The standard InChI is InChI=1S/C24H22N2O5S/c1-15-3-5-16(6-4-15)20-14-32-24(25-20)26-12-18(11-22(26)28)23(29)31-13-21(27)17-7-9-19(30-2)10-8-17/h3-10,14,18H,11-13H2,1-2H3/t18-/m1/s1. The molecule has 0 bridgehead atoms. The maximum Gasteiger partial charge on any atom is 0.311 e. The van der Waals surface area contributed by atoms with E-state index in [0.717, 1.165) is 16.8 Å². The van der Waals surface area contributed by atoms with Crippen LogP contribution in [-0.2, 0) is 14.3 Å². The number of hydrogen-bond acceptors (Lipinski definition) is 7. The van der Waals surface area contributed by atoms with E-state index in [4.69, 9.17) is 9.47 Å². The first-order valence-corrected chi connectivity index (χ1v) is 11.0. The zero-order chi connectivity index (χ0) is 22.7. The van der Waals surface area contributed by atoms with Gasteiger partial charge in [0.15, 0.2) is 17.5 Å². The number of nitrogens with zero attached hydrogens (tertiary/aromatic N) is 2. The summed E-state index contributed by atoms with van der Waals surface area (Å²) in [5.74, 6) is -1.05. The molecule has 164 valence electrons. The Hall–Kier alpha value is -3.52. The molecule has 3 aromatic rings. The van der Waals surface area contributed by atoms with Crippen LogP contribution in [0.5, 0.6) is 5.75 Å². The molecule has 0 radical (unpaired) electrons. The molecule has 0 saturated carbocycles. The Morgan fingerprint density at radius 2 is 1.84 bits per heavy atom. The van der Waals surface area contributed by atoms with Gasteiger partial charge >= 0.3 is 5.97 Å². The highest BCUT2D eigenvalue weighted by atomic mass is 32.1. The van der Waals surface area contributed by atoms with Crippen molar-refractivity contribution in [3.63, 3.8) is 0 Å². The molecule has 4 rings (SSSR count). The van der Waals surface area contributed by atoms with Gasteiger partial charge in [-0.15, -0.1) is 11.3 Å². The van der Waals surface area contributed by atoms with Gasteiger partial charge in [-0.1, -0.05) is 29.8 Å². The van der Waals surface area contributed by atoms with Crippen molar-refractivity contribution in [2.75, 3.05) is 25.2 Å². The Morgan fingerprint density at radius 3 is 2.53 bits per heavy atom. The van der Waals surface area contributed by atoms with Gasteiger partial charge in [0.05, 0.1) is 18.7 Å². The van der Waals surface area contributed by atoms with Gasteiger partial charge in [0.2, 0.25) is 5.91 Å². The second-order valence-corrected chi connectivity index (χ2v) is 8.38. The number of hydrogen-bond donors (Lipinski definition) is 0. The van der Waals surface area contributed by atoms with Gasteiger partial charge in [-0.05, 0) is 31.2 Å². The van der Waals surface area contributed by atoms with E-state index in [0.29, 0.717) is 16.4 Å². The van der Waals surface area contributed by atoms with E-state index >= 15 is 0 Å². The average Bonchev–Trinajstić information content (AvgIpc) is 3.44. The van der Waals surface area contributed by atoms with E-state index in [2.05, 4.69) is 4.98 Å². The summed E-state index contributed by atoms with van der Waals surface area (Å²) in [5.41, 5.74) is 3.34. The molecule has 1 fully saturated rings. The maximum absolute atomic E-state index is 12.5. The molecule has 1 amide bonds. The lowest BCUT2D eigenvalue weighted by Crippen LogP contribution is -2.27. The van der Waals surface area contributed by atoms with Crippen LogP contribution in [0.15, 0.2) is 53.9 Å². The van der Waals surface area contributed by atoms with Gasteiger partial charge < -0.3 is 9.47 Å². The van der Waals surface area contributed by atoms with Gasteiger partial charge in [0, 0.05) is 29.5 Å². The van der Waals surface area contributed by atoms with E-state index in [-0.39, 0.29) is 31.3 Å². The summed E-state index contributed by atoms with van der Waals surface area (Å²) in [6.07, 6.45) is 0.0367. The lowest BCUT2D eigenvalue weighted by Gasteiger charge is -2.13. The summed E-state index contributed by atoms with van der Waals surface area (Å²) < 4.78 is 10.3. The molecule has 1 atom stereocenters. The third kappa shape index (κ3) is 4.70. The fraction of sp³-hybridized carbons (Fsp3) is 0.250. The Bertz CT molecular complexity index is 1140. The highest BCUT2D eigenvalue weighted by Crippen LogP contribution is 2.32. The fourth-order valence-corrected chi connectivity index (χ4v) is 4.27. The summed E-state index contributed by atoms with van der Waals surface area (Å²) >= 11 is 1.36. The van der Waals surface area contributed by atoms with Crippen LogP contribution >= 0.6 is 11.3 Å². The number of aryl methyl sites for hydroxylation is 1. The lowest BCUT2D eigenvalue weighted by molar-refractivity contribution is -0.147. The number of carbonyl (C=O) groups excluding carboxylic acids is 3. The number of rotatable bonds is 7. The highest BCUT2D eigenvalue weighted by Gasteiger charge is 2.37. The quantitative estimate of drug-likeness (QED) is 0.401. The van der Waals surface area contributed by atoms with Gasteiger partial charge in [-0.3, -0.25) is 19.3 Å². The topological polar surface area (TPSA) is 85.8 Å². The van der Waals surface area contributed by atoms with E-state index in [1.54, 1.807) is 31.4 Å². The molecule has 1 aliphatic rings. The predicted octanol–water partition coefficient (Wildman–Crippen LogP) is 3.91. The molecule has 2 aromatic carbocycles. The fourth-order valence-electron chi connectivity index (χ4n) is 3.41. The predicted molar refractivity (Wildman–Crippen MR) is 121 cm³/mol. The molecule has 0 N–H and O–H groups in total. The maximum atomic E-state index is 12.5. The van der Waals surface area contributed by atoms with Crippen LogP contribution < -0.4 is 9.64 Å². The minimum atomic E-state index is -0.627. The first kappa shape index (κ1) is 21.7. The monoisotopic (exact) mass is 450 g/mol. The molecule has 0 spiro atoms. The second kappa shape index (κ2) is 9.32. The third-order valence-corrected chi connectivity index (χ3v) is 6.15. The first-order valence-electron chi connectivity index (χ1n) is 10.1. The van der Waals surface area contributed by atoms with Gasteiger partial charge in [-0.25, -0.2) is 4.98 Å². The smallest absolute Gasteiger partial charge is 0.311 e. The second-order valence-electron chi connectivity index (χ2n) is 7.55. The zero-order valence-electron chi connectivity index (χ0n) is 17.7. The zero-order valence-corrected chi connectivity index (χ0v) is 18.6. The number of anilines is 1. The van der Waals surface area contributed by atoms with E-state index in [1.807, 2.05) is 36.6 Å². The Morgan fingerprint density at radius 1 is 1.12 bits per heavy atom. The van der Waals surface area contributed by atoms with Crippen molar-refractivity contribution in [2.24, 2.45) is 5.92 Å². The molecule has 1 aromatic heterocycles. The Balaban J connectivity index is 1.35. The minimum Gasteiger partial charge on any atom is -0.497 e. The first-order chi connectivity index (χ1) is 15.4. The van der Waals surface area contributed by atoms with E-state index in [1.165, 1.54) is 16.2 Å². The van der Waals surface area contributed by atoms with Crippen LogP contribution in [-0.4, -0.2) is 42.9 Å². The largest absolute Gasteiger partial charge is 0.497 e. The summed E-state index contributed by atoms with van der Waals surface area (Å²) in [4.78, 5) is 43.3. The van der Waals surface area contributed by atoms with Crippen LogP contribution in [0.4, 0.5) is 5.13 Å². The molecule has 32 heavy (non-hydrogen) atoms. The number of ether oxygens (including phenoxy) is 2. The lowest BCUT2D eigenvalue weighted by atomic mass is 10.1. The van der Waals surface area contributed by atoms with Crippen molar-refractivity contribution in [3.05, 3.63) is 65.0 Å². The highest BCUT2D eigenvalue weighted by molar-refractivity contribution is 7.14. The summed E-state index contributed by atoms with van der Waals surface area (Å²) in [7, 11) is 1.54. The number of amides is 1. The van der Waals surface area contributed by atoms with Crippen molar-refractivity contribution in [1.29, 1.82) is 0 Å². The third-order valence-electron chi connectivity index (χ3n) is 5.29. The average molecular weight is 451 g/mol. The van der Waals surface area contributed by atoms with Crippen molar-refractivity contribution >= 4 is 34.1 Å². The van der Waals surface area contributed by atoms with Crippen molar-refractivity contribution in [3.8, 4) is 17.0 Å². The molecule has 7 nitrogen and oxygen atoms in total. The SMILES string of the molecule is COc1ccc(C(=O)COC(=O)[C@@H]2CC(=O)N(c3nc(-c4ccc(C)cc4)cs3)C2)cc1. The number of benzene rings is 2. The molecule has 8 heteroatoms. The van der Waals surface area contributed by atoms with Gasteiger partial charge in [0.25, 0.3) is 0 Å². The summed E-state index contributed by atoms with van der Waals surface area (Å²) in [6.45, 7) is 1.84. The van der Waals surface area contributed by atoms with Crippen molar-refractivity contribution in [1.82, 2.24) is 4.98 Å². The molecule has 0 aliphatic carbocycles. The Kier molecular flexibility index (Phi) is 6.32. The number of aromatic nitrogens is 1. The summed E-state index contributed by atoms with van der Waals surface area (Å²) in [5, 5.41) is 2.45. The van der Waals surface area contributed by atoms with Crippen molar-refractivity contribution < 1.29 is 23.9 Å². The number of esters is 1. The van der Waals surface area contributed by atoms with Crippen LogP contribution in [0.25, 0.3) is 11.3 Å².